The maximum Gasteiger partial charge on any atom is 0.139 e. The van der Waals surface area contributed by atoms with Crippen LogP contribution in [0.25, 0.3) is 0 Å². The van der Waals surface area contributed by atoms with Gasteiger partial charge in [0.2, 0.25) is 0 Å². The molecule has 2 rings (SSSR count). The highest BCUT2D eigenvalue weighted by Gasteiger charge is 2.03. The Morgan fingerprint density at radius 1 is 1.29 bits per heavy atom. The number of anilines is 1. The molecule has 0 aliphatic rings. The van der Waals surface area contributed by atoms with Crippen LogP contribution in [0.4, 0.5) is 5.69 Å². The van der Waals surface area contributed by atoms with Gasteiger partial charge in [-0.2, -0.15) is 0 Å². The van der Waals surface area contributed by atoms with Gasteiger partial charge in [-0.3, -0.25) is 4.98 Å². The minimum atomic E-state index is 0.335. The monoisotopic (exact) mass is 312 g/mol. The zero-order chi connectivity index (χ0) is 12.3. The van der Waals surface area contributed by atoms with Crippen molar-refractivity contribution in [2.75, 3.05) is 5.73 Å². The summed E-state index contributed by atoms with van der Waals surface area (Å²) in [5, 5.41) is 0.567. The summed E-state index contributed by atoms with van der Waals surface area (Å²) in [7, 11) is 0. The molecule has 0 spiro atoms. The van der Waals surface area contributed by atoms with Gasteiger partial charge in [-0.1, -0.05) is 27.5 Å². The maximum absolute atomic E-state index is 6.00. The van der Waals surface area contributed by atoms with Crippen molar-refractivity contribution in [2.24, 2.45) is 0 Å². The number of hydrogen-bond donors (Lipinski definition) is 1. The van der Waals surface area contributed by atoms with Crippen LogP contribution in [-0.2, 0) is 6.61 Å². The highest BCUT2D eigenvalue weighted by atomic mass is 79.9. The number of ether oxygens (including phenoxy) is 1. The summed E-state index contributed by atoms with van der Waals surface area (Å²) >= 11 is 9.36. The van der Waals surface area contributed by atoms with E-state index in [1.165, 1.54) is 0 Å². The van der Waals surface area contributed by atoms with Gasteiger partial charge in [0.05, 0.1) is 10.7 Å². The molecular weight excluding hydrogens is 304 g/mol. The van der Waals surface area contributed by atoms with E-state index in [9.17, 15) is 0 Å². The van der Waals surface area contributed by atoms with Crippen molar-refractivity contribution in [3.05, 3.63) is 51.7 Å². The molecule has 0 saturated heterocycles. The zero-order valence-corrected chi connectivity index (χ0v) is 11.2. The van der Waals surface area contributed by atoms with E-state index in [1.807, 2.05) is 12.1 Å². The Kier molecular flexibility index (Phi) is 3.86. The van der Waals surface area contributed by atoms with Crippen molar-refractivity contribution in [2.45, 2.75) is 6.61 Å². The number of nitrogens with two attached hydrogens (primary N) is 1. The summed E-state index contributed by atoms with van der Waals surface area (Å²) in [6, 6.07) is 8.94. The van der Waals surface area contributed by atoms with Gasteiger partial charge in [-0.25, -0.2) is 0 Å². The molecule has 0 fully saturated rings. The molecule has 0 aliphatic carbocycles. The Labute approximate surface area is 113 Å². The van der Waals surface area contributed by atoms with Crippen molar-refractivity contribution < 1.29 is 4.74 Å². The van der Waals surface area contributed by atoms with Crippen LogP contribution in [0.1, 0.15) is 5.69 Å². The molecule has 0 amide bonds. The van der Waals surface area contributed by atoms with E-state index in [4.69, 9.17) is 22.1 Å². The summed E-state index contributed by atoms with van der Waals surface area (Å²) in [4.78, 5) is 4.15. The lowest BCUT2D eigenvalue weighted by Crippen LogP contribution is -1.99. The molecule has 0 radical (unpaired) electrons. The summed E-state index contributed by atoms with van der Waals surface area (Å²) in [6.07, 6.45) is 1.65. The van der Waals surface area contributed by atoms with Crippen LogP contribution in [-0.4, -0.2) is 4.98 Å². The molecular formula is C12H10BrClN2O. The second kappa shape index (κ2) is 5.38. The molecule has 88 valence electrons. The summed E-state index contributed by atoms with van der Waals surface area (Å²) in [5.74, 6) is 0.616. The van der Waals surface area contributed by atoms with Crippen molar-refractivity contribution >= 4 is 33.2 Å². The average molecular weight is 314 g/mol. The molecule has 2 aromatic rings. The van der Waals surface area contributed by atoms with E-state index in [0.29, 0.717) is 23.1 Å². The fourth-order valence-electron chi connectivity index (χ4n) is 1.32. The summed E-state index contributed by atoms with van der Waals surface area (Å²) in [5.41, 5.74) is 7.08. The quantitative estimate of drug-likeness (QED) is 0.940. The Hall–Kier alpha value is -1.26. The lowest BCUT2D eigenvalue weighted by molar-refractivity contribution is 0.301. The molecule has 0 aliphatic heterocycles. The van der Waals surface area contributed by atoms with Crippen LogP contribution in [0.2, 0.25) is 5.02 Å². The minimum absolute atomic E-state index is 0.335. The van der Waals surface area contributed by atoms with E-state index in [0.717, 1.165) is 10.2 Å². The molecule has 1 aromatic carbocycles. The normalized spacial score (nSPS) is 10.2. The first-order valence-corrected chi connectivity index (χ1v) is 6.10. The Bertz CT molecular complexity index is 534. The number of rotatable bonds is 3. The first kappa shape index (κ1) is 12.2. The third-order valence-electron chi connectivity index (χ3n) is 2.11. The van der Waals surface area contributed by atoms with E-state index in [1.54, 1.807) is 24.4 Å². The zero-order valence-electron chi connectivity index (χ0n) is 8.86. The van der Waals surface area contributed by atoms with Crippen LogP contribution in [0.15, 0.2) is 41.0 Å². The second-order valence-corrected chi connectivity index (χ2v) is 4.77. The fraction of sp³-hybridized carbons (Fsp3) is 0.0833. The van der Waals surface area contributed by atoms with E-state index in [2.05, 4.69) is 20.9 Å². The number of nitrogens with zero attached hydrogens (tertiary/aromatic N) is 1. The molecule has 0 unspecified atom stereocenters. The van der Waals surface area contributed by atoms with Crippen molar-refractivity contribution in [3.8, 4) is 5.75 Å². The number of pyridine rings is 1. The van der Waals surface area contributed by atoms with E-state index in [-0.39, 0.29) is 0 Å². The molecule has 3 nitrogen and oxygen atoms in total. The highest BCUT2D eigenvalue weighted by Crippen LogP contribution is 2.28. The van der Waals surface area contributed by atoms with Crippen LogP contribution in [0.5, 0.6) is 5.75 Å². The second-order valence-electron chi connectivity index (χ2n) is 3.44. The van der Waals surface area contributed by atoms with Crippen LogP contribution < -0.4 is 10.5 Å². The van der Waals surface area contributed by atoms with Crippen molar-refractivity contribution in [1.82, 2.24) is 4.98 Å². The van der Waals surface area contributed by atoms with E-state index < -0.39 is 0 Å². The predicted octanol–water partition coefficient (Wildman–Crippen LogP) is 3.66. The number of aromatic nitrogens is 1. The van der Waals surface area contributed by atoms with Gasteiger partial charge < -0.3 is 10.5 Å². The SMILES string of the molecule is Nc1ccnc(COc2cc(Br)ccc2Cl)c1. The molecule has 5 heteroatoms. The number of nitrogen functional groups attached to an aromatic ring is 1. The molecule has 2 N–H and O–H groups in total. The Balaban J connectivity index is 2.09. The van der Waals surface area contributed by atoms with Crippen LogP contribution >= 0.6 is 27.5 Å². The minimum Gasteiger partial charge on any atom is -0.486 e. The van der Waals surface area contributed by atoms with E-state index >= 15 is 0 Å². The topological polar surface area (TPSA) is 48.1 Å². The third-order valence-corrected chi connectivity index (χ3v) is 2.91. The molecule has 0 bridgehead atoms. The summed E-state index contributed by atoms with van der Waals surface area (Å²) in [6.45, 7) is 0.335. The molecule has 0 saturated carbocycles. The Morgan fingerprint density at radius 3 is 2.88 bits per heavy atom. The molecule has 1 aromatic heterocycles. The predicted molar refractivity (Wildman–Crippen MR) is 72.1 cm³/mol. The van der Waals surface area contributed by atoms with Crippen LogP contribution in [0, 0.1) is 0 Å². The summed E-state index contributed by atoms with van der Waals surface area (Å²) < 4.78 is 6.49. The first-order valence-electron chi connectivity index (χ1n) is 4.93. The standard InChI is InChI=1S/C12H10BrClN2O/c13-8-1-2-11(14)12(5-8)17-7-10-6-9(15)3-4-16-10/h1-6H,7H2,(H2,15,16). The molecule has 17 heavy (non-hydrogen) atoms. The molecule has 0 atom stereocenters. The molecule has 1 heterocycles. The first-order chi connectivity index (χ1) is 8.15. The van der Waals surface area contributed by atoms with Crippen molar-refractivity contribution in [3.63, 3.8) is 0 Å². The van der Waals surface area contributed by atoms with Gasteiger partial charge in [0, 0.05) is 16.4 Å². The maximum atomic E-state index is 6.00. The number of benzene rings is 1. The highest BCUT2D eigenvalue weighted by molar-refractivity contribution is 9.10. The smallest absolute Gasteiger partial charge is 0.139 e. The van der Waals surface area contributed by atoms with Gasteiger partial charge in [0.25, 0.3) is 0 Å². The van der Waals surface area contributed by atoms with Gasteiger partial charge in [-0.15, -0.1) is 0 Å². The van der Waals surface area contributed by atoms with Gasteiger partial charge in [-0.05, 0) is 30.3 Å². The van der Waals surface area contributed by atoms with Gasteiger partial charge in [0.15, 0.2) is 0 Å². The lowest BCUT2D eigenvalue weighted by Gasteiger charge is -2.08. The van der Waals surface area contributed by atoms with Gasteiger partial charge >= 0.3 is 0 Å². The fourth-order valence-corrected chi connectivity index (χ4v) is 1.83. The van der Waals surface area contributed by atoms with Crippen molar-refractivity contribution in [1.29, 1.82) is 0 Å². The van der Waals surface area contributed by atoms with Crippen LogP contribution in [0.3, 0.4) is 0 Å². The van der Waals surface area contributed by atoms with Gasteiger partial charge in [0.1, 0.15) is 12.4 Å². The Morgan fingerprint density at radius 2 is 2.12 bits per heavy atom. The number of halogens is 2. The number of hydrogen-bond acceptors (Lipinski definition) is 3. The lowest BCUT2D eigenvalue weighted by atomic mass is 10.3. The average Bonchev–Trinajstić information content (AvgIpc) is 2.30. The third kappa shape index (κ3) is 3.35. The largest absolute Gasteiger partial charge is 0.486 e.